The van der Waals surface area contributed by atoms with E-state index in [4.69, 9.17) is 25.5 Å². The zero-order valence-corrected chi connectivity index (χ0v) is 22.4. The number of esters is 2. The molecular weight excluding hydrogens is 550 g/mol. The predicted molar refractivity (Wildman–Crippen MR) is 141 cm³/mol. The Morgan fingerprint density at radius 3 is 2.46 bits per heavy atom. The molecule has 1 aliphatic rings. The third kappa shape index (κ3) is 5.91. The van der Waals surface area contributed by atoms with Gasteiger partial charge in [0.1, 0.15) is 23.3 Å². The van der Waals surface area contributed by atoms with Crippen molar-refractivity contribution >= 4 is 45.3 Å². The molecule has 4 rings (SSSR count). The fraction of sp³-hybridized carbons (Fsp3) is 0.192. The number of para-hydroxylation sites is 1. The largest absolute Gasteiger partial charge is 0.467 e. The molecule has 1 atom stereocenters. The lowest BCUT2D eigenvalue weighted by atomic mass is 10.0. The second-order valence-corrected chi connectivity index (χ2v) is 10.5. The highest BCUT2D eigenvalue weighted by Gasteiger charge is 2.36. The van der Waals surface area contributed by atoms with Gasteiger partial charge >= 0.3 is 18.0 Å². The molecule has 39 heavy (non-hydrogen) atoms. The van der Waals surface area contributed by atoms with E-state index < -0.39 is 40.6 Å². The van der Waals surface area contributed by atoms with Crippen molar-refractivity contribution in [3.63, 3.8) is 0 Å². The first kappa shape index (κ1) is 27.7. The van der Waals surface area contributed by atoms with E-state index in [0.717, 1.165) is 10.4 Å². The molecule has 2 aromatic carbocycles. The average Bonchev–Trinajstić information content (AvgIpc) is 3.46. The number of rotatable bonds is 9. The number of hydrogen-bond acceptors (Lipinski definition) is 8. The van der Waals surface area contributed by atoms with Gasteiger partial charge in [-0.2, -0.15) is 0 Å². The van der Waals surface area contributed by atoms with Crippen molar-refractivity contribution in [1.82, 2.24) is 10.6 Å². The number of carbonyl (C=O) groups is 3. The predicted octanol–water partition coefficient (Wildman–Crippen LogP) is 3.79. The van der Waals surface area contributed by atoms with Gasteiger partial charge in [-0.05, 0) is 49.4 Å². The number of ether oxygens (including phenoxy) is 2. The number of nitrogens with one attached hydrogen (secondary N) is 2. The molecule has 2 amide bonds. The molecule has 1 unspecified atom stereocenters. The van der Waals surface area contributed by atoms with Crippen LogP contribution in [0.5, 0.6) is 0 Å². The van der Waals surface area contributed by atoms with E-state index in [1.165, 1.54) is 25.4 Å². The molecule has 0 saturated carbocycles. The van der Waals surface area contributed by atoms with E-state index in [1.54, 1.807) is 49.4 Å². The summed E-state index contributed by atoms with van der Waals surface area (Å²) < 4.78 is 43.4. The van der Waals surface area contributed by atoms with Crippen molar-refractivity contribution in [3.8, 4) is 0 Å². The fourth-order valence-corrected chi connectivity index (χ4v) is 5.52. The molecule has 1 aromatic heterocycles. The van der Waals surface area contributed by atoms with E-state index in [9.17, 15) is 22.8 Å². The maximum atomic E-state index is 13.3. The van der Waals surface area contributed by atoms with Crippen LogP contribution in [0.4, 0.5) is 10.5 Å². The number of urea groups is 1. The number of nitrogens with zero attached hydrogens (tertiary/aromatic N) is 1. The first-order chi connectivity index (χ1) is 18.6. The number of carbonyl (C=O) groups excluding carboxylic acids is 3. The van der Waals surface area contributed by atoms with E-state index in [-0.39, 0.29) is 39.1 Å². The second-order valence-electron chi connectivity index (χ2n) is 8.19. The Morgan fingerprint density at radius 1 is 1.05 bits per heavy atom. The molecule has 11 nitrogen and oxygen atoms in total. The van der Waals surface area contributed by atoms with Gasteiger partial charge in [-0.25, -0.2) is 22.8 Å². The molecule has 0 saturated heterocycles. The molecule has 0 fully saturated rings. The van der Waals surface area contributed by atoms with Crippen molar-refractivity contribution in [2.24, 2.45) is 0 Å². The van der Waals surface area contributed by atoms with Gasteiger partial charge in [0.05, 0.1) is 40.4 Å². The topological polar surface area (TPSA) is 144 Å². The molecule has 13 heteroatoms. The van der Waals surface area contributed by atoms with Crippen LogP contribution in [0.3, 0.4) is 0 Å². The SMILES string of the molecule is CCOC(=O)C1=C(COC(=O)c2ccc(Cl)c(S(=O)(=O)N(C)c3ccccc3)c2)NC(=O)NC1c1ccco1. The minimum Gasteiger partial charge on any atom is -0.467 e. The Kier molecular flexibility index (Phi) is 8.27. The lowest BCUT2D eigenvalue weighted by Gasteiger charge is -2.27. The highest BCUT2D eigenvalue weighted by atomic mass is 35.5. The molecule has 2 N–H and O–H groups in total. The normalized spacial score (nSPS) is 15.3. The Bertz CT molecular complexity index is 1520. The first-order valence-corrected chi connectivity index (χ1v) is 13.5. The van der Waals surface area contributed by atoms with Gasteiger partial charge in [0.15, 0.2) is 0 Å². The highest BCUT2D eigenvalue weighted by molar-refractivity contribution is 7.93. The summed E-state index contributed by atoms with van der Waals surface area (Å²) in [5.41, 5.74) is 0.258. The van der Waals surface area contributed by atoms with Crippen molar-refractivity contribution < 1.29 is 36.7 Å². The van der Waals surface area contributed by atoms with E-state index >= 15 is 0 Å². The van der Waals surface area contributed by atoms with E-state index in [1.807, 2.05) is 0 Å². The van der Waals surface area contributed by atoms with Crippen molar-refractivity contribution in [1.29, 1.82) is 0 Å². The quantitative estimate of drug-likeness (QED) is 0.368. The Balaban J connectivity index is 1.61. The number of anilines is 1. The maximum Gasteiger partial charge on any atom is 0.338 e. The Labute approximate surface area is 229 Å². The fourth-order valence-electron chi connectivity index (χ4n) is 3.82. The first-order valence-electron chi connectivity index (χ1n) is 11.6. The maximum absolute atomic E-state index is 13.3. The summed E-state index contributed by atoms with van der Waals surface area (Å²) in [4.78, 5) is 37.7. The van der Waals surface area contributed by atoms with Crippen LogP contribution >= 0.6 is 11.6 Å². The molecule has 0 radical (unpaired) electrons. The average molecular weight is 574 g/mol. The smallest absolute Gasteiger partial charge is 0.338 e. The van der Waals surface area contributed by atoms with Crippen LogP contribution in [-0.2, 0) is 24.3 Å². The van der Waals surface area contributed by atoms with E-state index in [2.05, 4.69) is 10.6 Å². The molecule has 3 aromatic rings. The summed E-state index contributed by atoms with van der Waals surface area (Å²) >= 11 is 6.20. The van der Waals surface area contributed by atoms with Crippen molar-refractivity contribution in [3.05, 3.63) is 94.5 Å². The van der Waals surface area contributed by atoms with Gasteiger partial charge in [-0.1, -0.05) is 29.8 Å². The third-order valence-electron chi connectivity index (χ3n) is 5.75. The van der Waals surface area contributed by atoms with Gasteiger partial charge in [0.2, 0.25) is 0 Å². The summed E-state index contributed by atoms with van der Waals surface area (Å²) in [6.07, 6.45) is 1.38. The van der Waals surface area contributed by atoms with Crippen LogP contribution in [0.1, 0.15) is 29.1 Å². The van der Waals surface area contributed by atoms with Crippen molar-refractivity contribution in [2.75, 3.05) is 24.6 Å². The zero-order chi connectivity index (χ0) is 28.2. The number of amides is 2. The third-order valence-corrected chi connectivity index (χ3v) is 8.02. The van der Waals surface area contributed by atoms with Gasteiger partial charge in [0, 0.05) is 7.05 Å². The molecule has 1 aliphatic heterocycles. The number of hydrogen-bond donors (Lipinski definition) is 2. The van der Waals surface area contributed by atoms with Crippen molar-refractivity contribution in [2.45, 2.75) is 17.9 Å². The molecule has 204 valence electrons. The monoisotopic (exact) mass is 573 g/mol. The summed E-state index contributed by atoms with van der Waals surface area (Å²) in [5, 5.41) is 4.96. The van der Waals surface area contributed by atoms with Crippen LogP contribution in [-0.4, -0.2) is 46.6 Å². The summed E-state index contributed by atoms with van der Waals surface area (Å²) in [6, 6.07) is 13.5. The molecule has 0 aliphatic carbocycles. The van der Waals surface area contributed by atoms with Crippen LogP contribution in [0, 0.1) is 0 Å². The summed E-state index contributed by atoms with van der Waals surface area (Å²) in [6.45, 7) is 1.16. The Morgan fingerprint density at radius 2 is 1.79 bits per heavy atom. The Hall–Kier alpha value is -4.29. The van der Waals surface area contributed by atoms with Gasteiger partial charge < -0.3 is 24.5 Å². The number of halogens is 1. The van der Waals surface area contributed by atoms with E-state index in [0.29, 0.717) is 5.69 Å². The molecular formula is C26H24ClN3O8S. The summed E-state index contributed by atoms with van der Waals surface area (Å²) in [5.74, 6) is -1.39. The standard InChI is InChI=1S/C26H24ClN3O8S/c1-3-36-25(32)22-19(28-26(33)29-23(22)20-10-7-13-37-20)15-38-24(31)16-11-12-18(27)21(14-16)39(34,35)30(2)17-8-5-4-6-9-17/h4-14,23H,3,15H2,1-2H3,(H2,28,29,33). The number of sulfonamides is 1. The van der Waals surface area contributed by atoms with Gasteiger partial charge in [-0.3, -0.25) is 4.31 Å². The van der Waals surface area contributed by atoms with Gasteiger partial charge in [0.25, 0.3) is 10.0 Å². The molecule has 0 bridgehead atoms. The molecule has 2 heterocycles. The van der Waals surface area contributed by atoms with Crippen LogP contribution < -0.4 is 14.9 Å². The van der Waals surface area contributed by atoms with Crippen LogP contribution in [0.15, 0.2) is 87.5 Å². The van der Waals surface area contributed by atoms with Crippen LogP contribution in [0.25, 0.3) is 0 Å². The van der Waals surface area contributed by atoms with Gasteiger partial charge in [-0.15, -0.1) is 0 Å². The molecule has 0 spiro atoms. The summed E-state index contributed by atoms with van der Waals surface area (Å²) in [7, 11) is -2.77. The number of furan rings is 1. The number of benzene rings is 2. The zero-order valence-electron chi connectivity index (χ0n) is 20.8. The van der Waals surface area contributed by atoms with Crippen LogP contribution in [0.2, 0.25) is 5.02 Å². The lowest BCUT2D eigenvalue weighted by Crippen LogP contribution is -2.47. The minimum atomic E-state index is -4.13. The minimum absolute atomic E-state index is 0.0111. The highest BCUT2D eigenvalue weighted by Crippen LogP contribution is 2.30. The second kappa shape index (κ2) is 11.6. The lowest BCUT2D eigenvalue weighted by molar-refractivity contribution is -0.139.